The van der Waals surface area contributed by atoms with Crippen molar-refractivity contribution >= 4 is 27.1 Å². The SMILES string of the molecule is CNCC1(CN(C)c2csc3ccccc23)CC1. The van der Waals surface area contributed by atoms with Crippen LogP contribution in [0.4, 0.5) is 5.69 Å². The number of anilines is 1. The zero-order valence-corrected chi connectivity index (χ0v) is 11.9. The Morgan fingerprint density at radius 1 is 1.33 bits per heavy atom. The van der Waals surface area contributed by atoms with Crippen molar-refractivity contribution in [2.75, 3.05) is 32.1 Å². The second-order valence-electron chi connectivity index (χ2n) is 5.50. The molecule has 1 aliphatic carbocycles. The first-order valence-electron chi connectivity index (χ1n) is 6.56. The van der Waals surface area contributed by atoms with Crippen LogP contribution in [0.25, 0.3) is 10.1 Å². The van der Waals surface area contributed by atoms with Crippen LogP contribution < -0.4 is 10.2 Å². The van der Waals surface area contributed by atoms with E-state index < -0.39 is 0 Å². The summed E-state index contributed by atoms with van der Waals surface area (Å²) in [6.45, 7) is 2.30. The van der Waals surface area contributed by atoms with Gasteiger partial charge in [-0.3, -0.25) is 0 Å². The Balaban J connectivity index is 1.82. The van der Waals surface area contributed by atoms with Gasteiger partial charge in [0, 0.05) is 41.0 Å². The van der Waals surface area contributed by atoms with Gasteiger partial charge in [-0.05, 0) is 26.0 Å². The average Bonchev–Trinajstić information content (AvgIpc) is 2.98. The van der Waals surface area contributed by atoms with Gasteiger partial charge in [0.15, 0.2) is 0 Å². The van der Waals surface area contributed by atoms with Crippen LogP contribution >= 0.6 is 11.3 Å². The van der Waals surface area contributed by atoms with Crippen molar-refractivity contribution in [3.05, 3.63) is 29.6 Å². The molecular formula is C15H20N2S. The smallest absolute Gasteiger partial charge is 0.0552 e. The van der Waals surface area contributed by atoms with Gasteiger partial charge in [0.2, 0.25) is 0 Å². The molecule has 2 aromatic rings. The van der Waals surface area contributed by atoms with E-state index in [1.54, 1.807) is 0 Å². The van der Waals surface area contributed by atoms with Crippen molar-refractivity contribution < 1.29 is 0 Å². The average molecular weight is 260 g/mol. The quantitative estimate of drug-likeness (QED) is 0.887. The van der Waals surface area contributed by atoms with Crippen molar-refractivity contribution in [3.63, 3.8) is 0 Å². The zero-order chi connectivity index (χ0) is 12.6. The Labute approximate surface area is 113 Å². The summed E-state index contributed by atoms with van der Waals surface area (Å²) >= 11 is 1.84. The first kappa shape index (κ1) is 12.0. The molecule has 1 aliphatic rings. The van der Waals surface area contributed by atoms with E-state index in [-0.39, 0.29) is 0 Å². The number of thiophene rings is 1. The first-order chi connectivity index (χ1) is 8.74. The largest absolute Gasteiger partial charge is 0.373 e. The van der Waals surface area contributed by atoms with Crippen LogP contribution in [-0.4, -0.2) is 27.2 Å². The lowest BCUT2D eigenvalue weighted by molar-refractivity contribution is 0.483. The van der Waals surface area contributed by atoms with Crippen LogP contribution in [0.1, 0.15) is 12.8 Å². The molecule has 0 unspecified atom stereocenters. The third kappa shape index (κ3) is 2.13. The number of hydrogen-bond acceptors (Lipinski definition) is 3. The van der Waals surface area contributed by atoms with Crippen molar-refractivity contribution in [1.82, 2.24) is 5.32 Å². The molecule has 0 atom stereocenters. The summed E-state index contributed by atoms with van der Waals surface area (Å²) < 4.78 is 1.39. The van der Waals surface area contributed by atoms with Gasteiger partial charge >= 0.3 is 0 Å². The summed E-state index contributed by atoms with van der Waals surface area (Å²) in [5, 5.41) is 7.02. The van der Waals surface area contributed by atoms with Gasteiger partial charge in [-0.1, -0.05) is 18.2 Å². The van der Waals surface area contributed by atoms with E-state index in [9.17, 15) is 0 Å². The van der Waals surface area contributed by atoms with Crippen molar-refractivity contribution in [2.45, 2.75) is 12.8 Å². The second kappa shape index (κ2) is 4.56. The van der Waals surface area contributed by atoms with Crippen LogP contribution in [-0.2, 0) is 0 Å². The number of hydrogen-bond donors (Lipinski definition) is 1. The Bertz CT molecular complexity index is 542. The highest BCUT2D eigenvalue weighted by Gasteiger charge is 2.42. The van der Waals surface area contributed by atoms with Crippen LogP contribution in [0.5, 0.6) is 0 Å². The fraction of sp³-hybridized carbons (Fsp3) is 0.467. The summed E-state index contributed by atoms with van der Waals surface area (Å²) in [6, 6.07) is 8.69. The number of nitrogens with zero attached hydrogens (tertiary/aromatic N) is 1. The molecule has 2 nitrogen and oxygen atoms in total. The molecule has 1 heterocycles. The molecule has 3 rings (SSSR count). The topological polar surface area (TPSA) is 15.3 Å². The third-order valence-electron chi connectivity index (χ3n) is 3.95. The standard InChI is InChI=1S/C15H20N2S/c1-16-10-15(7-8-15)11-17(2)13-9-18-14-6-4-3-5-12(13)14/h3-6,9,16H,7-8,10-11H2,1-2H3. The summed E-state index contributed by atoms with van der Waals surface area (Å²) in [7, 11) is 4.28. The maximum absolute atomic E-state index is 3.33. The summed E-state index contributed by atoms with van der Waals surface area (Å²) in [4.78, 5) is 2.43. The van der Waals surface area contributed by atoms with Crippen LogP contribution in [0.2, 0.25) is 0 Å². The number of rotatable bonds is 5. The van der Waals surface area contributed by atoms with E-state index >= 15 is 0 Å². The van der Waals surface area contributed by atoms with E-state index in [2.05, 4.69) is 54.0 Å². The second-order valence-corrected chi connectivity index (χ2v) is 6.41. The molecule has 3 heteroatoms. The molecule has 1 aromatic carbocycles. The third-order valence-corrected chi connectivity index (χ3v) is 4.90. The molecule has 1 aromatic heterocycles. The fourth-order valence-corrected chi connectivity index (χ4v) is 3.79. The molecule has 0 radical (unpaired) electrons. The fourth-order valence-electron chi connectivity index (χ4n) is 2.79. The highest BCUT2D eigenvalue weighted by molar-refractivity contribution is 7.17. The predicted molar refractivity (Wildman–Crippen MR) is 80.7 cm³/mol. The van der Waals surface area contributed by atoms with Gasteiger partial charge in [-0.2, -0.15) is 0 Å². The van der Waals surface area contributed by atoms with Gasteiger partial charge in [0.1, 0.15) is 0 Å². The molecule has 0 spiro atoms. The van der Waals surface area contributed by atoms with Gasteiger partial charge in [-0.25, -0.2) is 0 Å². The molecule has 0 saturated heterocycles. The van der Waals surface area contributed by atoms with Crippen molar-refractivity contribution in [2.24, 2.45) is 5.41 Å². The molecule has 0 aliphatic heterocycles. The van der Waals surface area contributed by atoms with E-state index in [0.29, 0.717) is 5.41 Å². The molecule has 0 amide bonds. The van der Waals surface area contributed by atoms with E-state index in [0.717, 1.165) is 13.1 Å². The lowest BCUT2D eigenvalue weighted by atomic mass is 10.1. The number of fused-ring (bicyclic) bond motifs is 1. The molecule has 96 valence electrons. The van der Waals surface area contributed by atoms with Gasteiger partial charge in [0.05, 0.1) is 5.69 Å². The minimum absolute atomic E-state index is 0.520. The summed E-state index contributed by atoms with van der Waals surface area (Å²) in [6.07, 6.45) is 2.72. The first-order valence-corrected chi connectivity index (χ1v) is 7.44. The Morgan fingerprint density at radius 3 is 2.83 bits per heavy atom. The molecule has 1 saturated carbocycles. The Morgan fingerprint density at radius 2 is 2.11 bits per heavy atom. The predicted octanol–water partition coefficient (Wildman–Crippen LogP) is 3.34. The highest BCUT2D eigenvalue weighted by Crippen LogP contribution is 2.46. The van der Waals surface area contributed by atoms with Crippen molar-refractivity contribution in [1.29, 1.82) is 0 Å². The van der Waals surface area contributed by atoms with Crippen LogP contribution in [0.15, 0.2) is 29.6 Å². The number of benzene rings is 1. The van der Waals surface area contributed by atoms with Gasteiger partial charge in [-0.15, -0.1) is 11.3 Å². The maximum Gasteiger partial charge on any atom is 0.0552 e. The van der Waals surface area contributed by atoms with E-state index in [1.807, 2.05) is 11.3 Å². The van der Waals surface area contributed by atoms with Gasteiger partial charge < -0.3 is 10.2 Å². The van der Waals surface area contributed by atoms with E-state index in [4.69, 9.17) is 0 Å². The molecule has 0 bridgehead atoms. The highest BCUT2D eigenvalue weighted by atomic mass is 32.1. The monoisotopic (exact) mass is 260 g/mol. The van der Waals surface area contributed by atoms with Crippen LogP contribution in [0.3, 0.4) is 0 Å². The Hall–Kier alpha value is -1.06. The minimum atomic E-state index is 0.520. The van der Waals surface area contributed by atoms with Crippen molar-refractivity contribution in [3.8, 4) is 0 Å². The van der Waals surface area contributed by atoms with E-state index in [1.165, 1.54) is 28.6 Å². The van der Waals surface area contributed by atoms with Crippen LogP contribution in [0, 0.1) is 5.41 Å². The maximum atomic E-state index is 3.33. The molecular weight excluding hydrogens is 240 g/mol. The lowest BCUT2D eigenvalue weighted by Gasteiger charge is -2.25. The lowest BCUT2D eigenvalue weighted by Crippen LogP contribution is -2.32. The summed E-state index contributed by atoms with van der Waals surface area (Å²) in [5.74, 6) is 0. The minimum Gasteiger partial charge on any atom is -0.373 e. The summed E-state index contributed by atoms with van der Waals surface area (Å²) in [5.41, 5.74) is 1.91. The Kier molecular flexibility index (Phi) is 3.04. The zero-order valence-electron chi connectivity index (χ0n) is 11.1. The van der Waals surface area contributed by atoms with Gasteiger partial charge in [0.25, 0.3) is 0 Å². The molecule has 1 N–H and O–H groups in total. The normalized spacial score (nSPS) is 17.0. The number of nitrogens with one attached hydrogen (secondary N) is 1. The molecule has 18 heavy (non-hydrogen) atoms. The molecule has 1 fully saturated rings.